The monoisotopic (exact) mass is 324 g/mol. The summed E-state index contributed by atoms with van der Waals surface area (Å²) in [6, 6.07) is 13.2. The molecule has 5 nitrogen and oxygen atoms in total. The van der Waals surface area contributed by atoms with Crippen molar-refractivity contribution in [3.8, 4) is 5.75 Å². The number of hydrogen-bond donors (Lipinski definition) is 2. The van der Waals surface area contributed by atoms with Crippen molar-refractivity contribution in [3.63, 3.8) is 0 Å². The van der Waals surface area contributed by atoms with Crippen molar-refractivity contribution in [2.24, 2.45) is 0 Å². The number of carbonyl (C=O) groups is 2. The molecule has 2 N–H and O–H groups in total. The van der Waals surface area contributed by atoms with Gasteiger partial charge in [0.2, 0.25) is 5.91 Å². The molecule has 2 aromatic rings. The maximum Gasteiger partial charge on any atom is 0.266 e. The highest BCUT2D eigenvalue weighted by Gasteiger charge is 2.29. The lowest BCUT2D eigenvalue weighted by atomic mass is 10.1. The fraction of sp³-hybridized carbons (Fsp3) is 0.263. The van der Waals surface area contributed by atoms with E-state index in [0.29, 0.717) is 11.4 Å². The number of aryl methyl sites for hydroxylation is 2. The number of para-hydroxylation sites is 1. The second kappa shape index (κ2) is 6.74. The molecule has 24 heavy (non-hydrogen) atoms. The van der Waals surface area contributed by atoms with Crippen molar-refractivity contribution in [1.29, 1.82) is 0 Å². The Bertz CT molecular complexity index is 786. The Balaban J connectivity index is 1.68. The smallest absolute Gasteiger partial charge is 0.266 e. The normalized spacial score (nSPS) is 15.9. The third-order valence-electron chi connectivity index (χ3n) is 4.00. The highest BCUT2D eigenvalue weighted by atomic mass is 16.5. The first kappa shape index (κ1) is 16.1. The highest BCUT2D eigenvalue weighted by molar-refractivity contribution is 6.02. The van der Waals surface area contributed by atoms with Crippen molar-refractivity contribution in [2.75, 3.05) is 10.6 Å². The number of ether oxygens (including phenoxy) is 1. The first-order valence-corrected chi connectivity index (χ1v) is 8.02. The van der Waals surface area contributed by atoms with Crippen molar-refractivity contribution < 1.29 is 14.3 Å². The van der Waals surface area contributed by atoms with Crippen LogP contribution in [0, 0.1) is 6.92 Å². The average molecular weight is 324 g/mol. The van der Waals surface area contributed by atoms with Crippen LogP contribution in [0.2, 0.25) is 0 Å². The van der Waals surface area contributed by atoms with Gasteiger partial charge in [-0.2, -0.15) is 0 Å². The van der Waals surface area contributed by atoms with Crippen molar-refractivity contribution >= 4 is 23.2 Å². The molecular weight excluding hydrogens is 304 g/mol. The van der Waals surface area contributed by atoms with Gasteiger partial charge in [-0.05, 0) is 42.7 Å². The lowest BCUT2D eigenvalue weighted by Gasteiger charge is -2.25. The minimum atomic E-state index is -0.825. The van der Waals surface area contributed by atoms with Gasteiger partial charge in [0.15, 0.2) is 6.10 Å². The standard InChI is InChI=1S/C19H20N2O3/c1-3-13-6-4-5-7-14(13)20-18(22)11-17-19(23)21-15-10-12(2)8-9-16(15)24-17/h4-10,17H,3,11H2,1-2H3,(H,20,22)(H,21,23)/t17-/m0/s1. The molecular formula is C19H20N2O3. The van der Waals surface area contributed by atoms with Crippen molar-refractivity contribution in [3.05, 3.63) is 53.6 Å². The largest absolute Gasteiger partial charge is 0.478 e. The number of benzene rings is 2. The van der Waals surface area contributed by atoms with Gasteiger partial charge in [0.1, 0.15) is 5.75 Å². The lowest BCUT2D eigenvalue weighted by molar-refractivity contribution is -0.128. The number of amides is 2. The van der Waals surface area contributed by atoms with Gasteiger partial charge < -0.3 is 15.4 Å². The van der Waals surface area contributed by atoms with E-state index in [-0.39, 0.29) is 18.2 Å². The van der Waals surface area contributed by atoms with Crippen LogP contribution in [0.25, 0.3) is 0 Å². The number of rotatable bonds is 4. The van der Waals surface area contributed by atoms with Crippen LogP contribution in [-0.4, -0.2) is 17.9 Å². The molecule has 0 saturated carbocycles. The summed E-state index contributed by atoms with van der Waals surface area (Å²) in [5.74, 6) is 0.0468. The summed E-state index contributed by atoms with van der Waals surface area (Å²) in [6.45, 7) is 3.97. The molecule has 1 aliphatic heterocycles. The number of nitrogens with one attached hydrogen (secondary N) is 2. The van der Waals surface area contributed by atoms with E-state index in [1.54, 1.807) is 6.07 Å². The lowest BCUT2D eigenvalue weighted by Crippen LogP contribution is -2.39. The quantitative estimate of drug-likeness (QED) is 0.907. The zero-order valence-corrected chi connectivity index (χ0v) is 13.8. The molecule has 1 heterocycles. The number of carbonyl (C=O) groups excluding carboxylic acids is 2. The van der Waals surface area contributed by atoms with E-state index in [4.69, 9.17) is 4.74 Å². The van der Waals surface area contributed by atoms with Gasteiger partial charge in [-0.3, -0.25) is 9.59 Å². The predicted molar refractivity (Wildman–Crippen MR) is 93.3 cm³/mol. The van der Waals surface area contributed by atoms with Crippen molar-refractivity contribution in [1.82, 2.24) is 0 Å². The van der Waals surface area contributed by atoms with Gasteiger partial charge in [-0.25, -0.2) is 0 Å². The Morgan fingerprint density at radius 1 is 1.25 bits per heavy atom. The molecule has 0 aromatic heterocycles. The van der Waals surface area contributed by atoms with Gasteiger partial charge in [0.05, 0.1) is 12.1 Å². The van der Waals surface area contributed by atoms with E-state index in [9.17, 15) is 9.59 Å². The molecule has 124 valence electrons. The van der Waals surface area contributed by atoms with Gasteiger partial charge in [0, 0.05) is 5.69 Å². The van der Waals surface area contributed by atoms with Crippen molar-refractivity contribution in [2.45, 2.75) is 32.8 Å². The zero-order valence-electron chi connectivity index (χ0n) is 13.8. The predicted octanol–water partition coefficient (Wildman–Crippen LogP) is 3.29. The van der Waals surface area contributed by atoms with Crippen LogP contribution >= 0.6 is 0 Å². The third-order valence-corrected chi connectivity index (χ3v) is 4.00. The Morgan fingerprint density at radius 2 is 2.04 bits per heavy atom. The van der Waals surface area contributed by atoms with Crippen LogP contribution in [0.4, 0.5) is 11.4 Å². The van der Waals surface area contributed by atoms with E-state index in [0.717, 1.165) is 23.2 Å². The SMILES string of the molecule is CCc1ccccc1NC(=O)C[C@@H]1Oc2ccc(C)cc2NC1=O. The summed E-state index contributed by atoms with van der Waals surface area (Å²) in [5, 5.41) is 5.66. The second-order valence-electron chi connectivity index (χ2n) is 5.86. The molecule has 0 aliphatic carbocycles. The summed E-state index contributed by atoms with van der Waals surface area (Å²) in [4.78, 5) is 24.5. The summed E-state index contributed by atoms with van der Waals surface area (Å²) >= 11 is 0. The molecule has 3 rings (SSSR count). The van der Waals surface area contributed by atoms with Crippen LogP contribution in [-0.2, 0) is 16.0 Å². The van der Waals surface area contributed by atoms with Crippen LogP contribution in [0.1, 0.15) is 24.5 Å². The van der Waals surface area contributed by atoms with E-state index in [2.05, 4.69) is 10.6 Å². The maximum atomic E-state index is 12.3. The van der Waals surface area contributed by atoms with Gasteiger partial charge in [0.25, 0.3) is 5.91 Å². The molecule has 0 spiro atoms. The van der Waals surface area contributed by atoms with Gasteiger partial charge >= 0.3 is 0 Å². The van der Waals surface area contributed by atoms with Crippen LogP contribution in [0.15, 0.2) is 42.5 Å². The number of anilines is 2. The summed E-state index contributed by atoms with van der Waals surface area (Å²) < 4.78 is 5.69. The van der Waals surface area contributed by atoms with Gasteiger partial charge in [-0.15, -0.1) is 0 Å². The Labute approximate surface area is 141 Å². The van der Waals surface area contributed by atoms with E-state index >= 15 is 0 Å². The molecule has 2 amide bonds. The summed E-state index contributed by atoms with van der Waals surface area (Å²) in [6.07, 6.45) is -0.0326. The molecule has 0 fully saturated rings. The van der Waals surface area contributed by atoms with Crippen LogP contribution in [0.3, 0.4) is 0 Å². The highest BCUT2D eigenvalue weighted by Crippen LogP contribution is 2.31. The fourth-order valence-electron chi connectivity index (χ4n) is 2.72. The molecule has 0 bridgehead atoms. The first-order valence-electron chi connectivity index (χ1n) is 8.02. The Kier molecular flexibility index (Phi) is 4.51. The molecule has 0 saturated heterocycles. The molecule has 0 radical (unpaired) electrons. The third kappa shape index (κ3) is 3.40. The maximum absolute atomic E-state index is 12.3. The summed E-state index contributed by atoms with van der Waals surface area (Å²) in [5.41, 5.74) is 3.51. The minimum Gasteiger partial charge on any atom is -0.478 e. The fourth-order valence-corrected chi connectivity index (χ4v) is 2.72. The summed E-state index contributed by atoms with van der Waals surface area (Å²) in [7, 11) is 0. The average Bonchev–Trinajstić information content (AvgIpc) is 2.56. The molecule has 1 aliphatic rings. The zero-order chi connectivity index (χ0) is 17.1. The Hall–Kier alpha value is -2.82. The van der Waals surface area contributed by atoms with Gasteiger partial charge in [-0.1, -0.05) is 31.2 Å². The van der Waals surface area contributed by atoms with E-state index < -0.39 is 6.10 Å². The molecule has 0 unspecified atom stereocenters. The topological polar surface area (TPSA) is 67.4 Å². The number of fused-ring (bicyclic) bond motifs is 1. The molecule has 2 aromatic carbocycles. The van der Waals surface area contributed by atoms with Crippen LogP contribution < -0.4 is 15.4 Å². The minimum absolute atomic E-state index is 0.0306. The van der Waals surface area contributed by atoms with Crippen LogP contribution in [0.5, 0.6) is 5.75 Å². The Morgan fingerprint density at radius 3 is 2.83 bits per heavy atom. The van der Waals surface area contributed by atoms with E-state index in [1.165, 1.54) is 0 Å². The number of hydrogen-bond acceptors (Lipinski definition) is 3. The molecule has 1 atom stereocenters. The second-order valence-corrected chi connectivity index (χ2v) is 5.86. The van der Waals surface area contributed by atoms with E-state index in [1.807, 2.05) is 50.2 Å². The first-order chi connectivity index (χ1) is 11.6. The molecule has 5 heteroatoms.